The molecule has 0 bridgehead atoms. The van der Waals surface area contributed by atoms with Crippen LogP contribution in [0, 0.1) is 5.92 Å². The van der Waals surface area contributed by atoms with Gasteiger partial charge in [0, 0.05) is 18.7 Å². The number of halogens is 1. The Kier molecular flexibility index (Phi) is 4.87. The molecule has 1 aliphatic carbocycles. The predicted octanol–water partition coefficient (Wildman–Crippen LogP) is 4.65. The molecule has 1 nitrogen and oxygen atoms in total. The first-order valence-corrected chi connectivity index (χ1v) is 6.92. The van der Waals surface area contributed by atoms with Crippen molar-refractivity contribution in [2.24, 2.45) is 5.92 Å². The van der Waals surface area contributed by atoms with E-state index in [1.165, 1.54) is 37.7 Å². The Morgan fingerprint density at radius 2 is 1.76 bits per heavy atom. The number of benzene rings is 1. The highest BCUT2D eigenvalue weighted by Crippen LogP contribution is 2.37. The summed E-state index contributed by atoms with van der Waals surface area (Å²) in [4.78, 5) is 0. The SMILES string of the molecule is COCC[C@H]1CC[C@H](c2ccc(Cl)cc2)CC1. The second-order valence-corrected chi connectivity index (χ2v) is 5.49. The Morgan fingerprint density at radius 3 is 2.35 bits per heavy atom. The number of hydrogen-bond donors (Lipinski definition) is 0. The minimum atomic E-state index is 0.742. The maximum Gasteiger partial charge on any atom is 0.0464 e. The molecule has 0 aliphatic heterocycles. The van der Waals surface area contributed by atoms with Gasteiger partial charge in [-0.3, -0.25) is 0 Å². The molecule has 0 amide bonds. The van der Waals surface area contributed by atoms with E-state index in [1.54, 1.807) is 7.11 Å². The molecule has 1 fully saturated rings. The van der Waals surface area contributed by atoms with E-state index in [4.69, 9.17) is 16.3 Å². The summed E-state index contributed by atoms with van der Waals surface area (Å²) in [7, 11) is 1.79. The molecule has 17 heavy (non-hydrogen) atoms. The summed E-state index contributed by atoms with van der Waals surface area (Å²) in [6, 6.07) is 8.38. The Hall–Kier alpha value is -0.530. The lowest BCUT2D eigenvalue weighted by atomic mass is 9.78. The average Bonchev–Trinajstić information content (AvgIpc) is 2.38. The predicted molar refractivity (Wildman–Crippen MR) is 72.6 cm³/mol. The third-order valence-corrected chi connectivity index (χ3v) is 4.17. The van der Waals surface area contributed by atoms with E-state index in [9.17, 15) is 0 Å². The Bertz CT molecular complexity index is 325. The van der Waals surface area contributed by atoms with Crippen LogP contribution in [0.1, 0.15) is 43.6 Å². The van der Waals surface area contributed by atoms with Crippen LogP contribution in [0.3, 0.4) is 0 Å². The largest absolute Gasteiger partial charge is 0.385 e. The summed E-state index contributed by atoms with van der Waals surface area (Å²) in [6.07, 6.45) is 6.54. The average molecular weight is 253 g/mol. The second kappa shape index (κ2) is 6.42. The number of hydrogen-bond acceptors (Lipinski definition) is 1. The lowest BCUT2D eigenvalue weighted by Crippen LogP contribution is -2.14. The van der Waals surface area contributed by atoms with Crippen molar-refractivity contribution in [3.05, 3.63) is 34.9 Å². The first-order valence-electron chi connectivity index (χ1n) is 6.54. The molecule has 0 N–H and O–H groups in total. The lowest BCUT2D eigenvalue weighted by Gasteiger charge is -2.28. The van der Waals surface area contributed by atoms with Crippen LogP contribution in [0.25, 0.3) is 0 Å². The molecular formula is C15H21ClO. The summed E-state index contributed by atoms with van der Waals surface area (Å²) in [5.41, 5.74) is 1.46. The van der Waals surface area contributed by atoms with E-state index in [0.29, 0.717) is 0 Å². The quantitative estimate of drug-likeness (QED) is 0.758. The lowest BCUT2D eigenvalue weighted by molar-refractivity contribution is 0.163. The Labute approximate surface area is 109 Å². The molecule has 0 spiro atoms. The molecule has 0 aromatic heterocycles. The van der Waals surface area contributed by atoms with Crippen LogP contribution in [0.15, 0.2) is 24.3 Å². The van der Waals surface area contributed by atoms with Gasteiger partial charge in [0.05, 0.1) is 0 Å². The van der Waals surface area contributed by atoms with Gasteiger partial charge >= 0.3 is 0 Å². The summed E-state index contributed by atoms with van der Waals surface area (Å²) >= 11 is 5.92. The molecule has 1 aromatic rings. The summed E-state index contributed by atoms with van der Waals surface area (Å²) in [6.45, 7) is 0.913. The van der Waals surface area contributed by atoms with Crippen molar-refractivity contribution in [2.75, 3.05) is 13.7 Å². The van der Waals surface area contributed by atoms with Crippen molar-refractivity contribution in [1.29, 1.82) is 0 Å². The van der Waals surface area contributed by atoms with E-state index < -0.39 is 0 Å². The van der Waals surface area contributed by atoms with Gasteiger partial charge in [-0.05, 0) is 61.6 Å². The zero-order valence-electron chi connectivity index (χ0n) is 10.5. The first kappa shape index (κ1) is 12.9. The van der Waals surface area contributed by atoms with Gasteiger partial charge in [-0.1, -0.05) is 23.7 Å². The fourth-order valence-corrected chi connectivity index (χ4v) is 2.93. The van der Waals surface area contributed by atoms with Crippen LogP contribution in [-0.4, -0.2) is 13.7 Å². The topological polar surface area (TPSA) is 9.23 Å². The van der Waals surface area contributed by atoms with Gasteiger partial charge in [-0.2, -0.15) is 0 Å². The molecule has 0 heterocycles. The summed E-state index contributed by atoms with van der Waals surface area (Å²) < 4.78 is 5.15. The van der Waals surface area contributed by atoms with Gasteiger partial charge in [0.2, 0.25) is 0 Å². The van der Waals surface area contributed by atoms with E-state index in [2.05, 4.69) is 12.1 Å². The molecule has 0 radical (unpaired) electrons. The minimum absolute atomic E-state index is 0.742. The van der Waals surface area contributed by atoms with Crippen LogP contribution in [0.5, 0.6) is 0 Å². The van der Waals surface area contributed by atoms with E-state index in [-0.39, 0.29) is 0 Å². The molecule has 2 heteroatoms. The third-order valence-electron chi connectivity index (χ3n) is 3.92. The van der Waals surface area contributed by atoms with Gasteiger partial charge in [-0.15, -0.1) is 0 Å². The van der Waals surface area contributed by atoms with Crippen LogP contribution in [-0.2, 0) is 4.74 Å². The molecule has 1 aliphatic rings. The molecule has 0 saturated heterocycles. The highest BCUT2D eigenvalue weighted by molar-refractivity contribution is 6.30. The molecule has 0 atom stereocenters. The van der Waals surface area contributed by atoms with Crippen LogP contribution in [0.4, 0.5) is 0 Å². The molecular weight excluding hydrogens is 232 g/mol. The maximum atomic E-state index is 5.92. The summed E-state index contributed by atoms with van der Waals surface area (Å²) in [5, 5.41) is 0.836. The van der Waals surface area contributed by atoms with E-state index >= 15 is 0 Å². The van der Waals surface area contributed by atoms with Crippen molar-refractivity contribution in [2.45, 2.75) is 38.0 Å². The number of rotatable bonds is 4. The maximum absolute atomic E-state index is 5.92. The van der Waals surface area contributed by atoms with Crippen molar-refractivity contribution in [1.82, 2.24) is 0 Å². The highest BCUT2D eigenvalue weighted by atomic mass is 35.5. The van der Waals surface area contributed by atoms with Gasteiger partial charge in [0.15, 0.2) is 0 Å². The van der Waals surface area contributed by atoms with Gasteiger partial charge in [0.1, 0.15) is 0 Å². The summed E-state index contributed by atoms with van der Waals surface area (Å²) in [5.74, 6) is 1.62. The molecule has 0 unspecified atom stereocenters. The number of ether oxygens (including phenoxy) is 1. The molecule has 94 valence electrons. The van der Waals surface area contributed by atoms with Gasteiger partial charge in [0.25, 0.3) is 0 Å². The second-order valence-electron chi connectivity index (χ2n) is 5.05. The fourth-order valence-electron chi connectivity index (χ4n) is 2.80. The van der Waals surface area contributed by atoms with Gasteiger partial charge in [-0.25, -0.2) is 0 Å². The van der Waals surface area contributed by atoms with Crippen molar-refractivity contribution < 1.29 is 4.74 Å². The smallest absolute Gasteiger partial charge is 0.0464 e. The number of methoxy groups -OCH3 is 1. The molecule has 1 saturated carbocycles. The van der Waals surface area contributed by atoms with Crippen LogP contribution >= 0.6 is 11.6 Å². The van der Waals surface area contributed by atoms with Crippen molar-refractivity contribution >= 4 is 11.6 Å². The zero-order valence-corrected chi connectivity index (χ0v) is 11.2. The standard InChI is InChI=1S/C15H21ClO/c1-17-11-10-12-2-4-13(5-3-12)14-6-8-15(16)9-7-14/h6-9,12-13H,2-5,10-11H2,1H3/t12-,13-. The highest BCUT2D eigenvalue weighted by Gasteiger charge is 2.21. The third kappa shape index (κ3) is 3.72. The van der Waals surface area contributed by atoms with Crippen molar-refractivity contribution in [3.8, 4) is 0 Å². The first-order chi connectivity index (χ1) is 8.29. The monoisotopic (exact) mass is 252 g/mol. The Balaban J connectivity index is 1.84. The van der Waals surface area contributed by atoms with Gasteiger partial charge < -0.3 is 4.74 Å². The molecule has 2 rings (SSSR count). The van der Waals surface area contributed by atoms with E-state index in [1.807, 2.05) is 12.1 Å². The van der Waals surface area contributed by atoms with Crippen LogP contribution in [0.2, 0.25) is 5.02 Å². The fraction of sp³-hybridized carbons (Fsp3) is 0.600. The Morgan fingerprint density at radius 1 is 1.12 bits per heavy atom. The minimum Gasteiger partial charge on any atom is -0.385 e. The molecule has 1 aromatic carbocycles. The van der Waals surface area contributed by atoms with Crippen LogP contribution < -0.4 is 0 Å². The normalized spacial score (nSPS) is 24.8. The van der Waals surface area contributed by atoms with Crippen molar-refractivity contribution in [3.63, 3.8) is 0 Å². The van der Waals surface area contributed by atoms with E-state index in [0.717, 1.165) is 23.5 Å². The zero-order chi connectivity index (χ0) is 12.1.